The first-order valence-corrected chi connectivity index (χ1v) is 11.0. The zero-order valence-electron chi connectivity index (χ0n) is 16.4. The van der Waals surface area contributed by atoms with Gasteiger partial charge in [0.05, 0.1) is 24.5 Å². The van der Waals surface area contributed by atoms with Crippen molar-refractivity contribution in [1.29, 1.82) is 0 Å². The first kappa shape index (κ1) is 18.5. The van der Waals surface area contributed by atoms with E-state index in [1.807, 2.05) is 40.6 Å². The molecule has 148 valence electrons. The number of hydrogen-bond acceptors (Lipinski definition) is 5. The number of rotatable bonds is 4. The lowest BCUT2D eigenvalue weighted by Gasteiger charge is -2.36. The second-order valence-corrected chi connectivity index (χ2v) is 8.74. The molecular formula is C22H22N4OS2. The fourth-order valence-electron chi connectivity index (χ4n) is 4.15. The summed E-state index contributed by atoms with van der Waals surface area (Å²) in [5, 5.41) is 7.06. The van der Waals surface area contributed by atoms with E-state index in [4.69, 9.17) is 21.7 Å². The van der Waals surface area contributed by atoms with Crippen LogP contribution in [0.1, 0.15) is 27.8 Å². The highest BCUT2D eigenvalue weighted by molar-refractivity contribution is 7.71. The van der Waals surface area contributed by atoms with Crippen LogP contribution in [0, 0.1) is 11.7 Å². The molecule has 1 aliphatic rings. The van der Waals surface area contributed by atoms with E-state index >= 15 is 0 Å². The van der Waals surface area contributed by atoms with E-state index in [0.29, 0.717) is 11.4 Å². The summed E-state index contributed by atoms with van der Waals surface area (Å²) in [4.78, 5) is 3.95. The van der Waals surface area contributed by atoms with Gasteiger partial charge in [-0.3, -0.25) is 4.90 Å². The minimum Gasteiger partial charge on any atom is -0.469 e. The van der Waals surface area contributed by atoms with Crippen LogP contribution in [-0.2, 0) is 20.1 Å². The summed E-state index contributed by atoms with van der Waals surface area (Å²) in [7, 11) is 1.97. The molecule has 0 saturated heterocycles. The number of hydrogen-bond donors (Lipinski definition) is 0. The Kier molecular flexibility index (Phi) is 4.73. The Hall–Kier alpha value is -2.48. The van der Waals surface area contributed by atoms with Crippen molar-refractivity contribution in [3.63, 3.8) is 0 Å². The predicted molar refractivity (Wildman–Crippen MR) is 117 cm³/mol. The number of aromatic nitrogens is 3. The molecule has 0 amide bonds. The average molecular weight is 423 g/mol. The second-order valence-electron chi connectivity index (χ2n) is 7.37. The number of thiophene rings is 1. The van der Waals surface area contributed by atoms with Gasteiger partial charge in [0.25, 0.3) is 0 Å². The Balaban J connectivity index is 1.53. The Morgan fingerprint density at radius 2 is 2.03 bits per heavy atom. The van der Waals surface area contributed by atoms with E-state index in [2.05, 4.69) is 46.7 Å². The summed E-state index contributed by atoms with van der Waals surface area (Å²) in [5.74, 6) is 1.69. The van der Waals surface area contributed by atoms with Gasteiger partial charge in [0, 0.05) is 18.5 Å². The molecule has 1 aliphatic heterocycles. The largest absolute Gasteiger partial charge is 0.469 e. The summed E-state index contributed by atoms with van der Waals surface area (Å²) >= 11 is 7.58. The van der Waals surface area contributed by atoms with Gasteiger partial charge in [-0.25, -0.2) is 4.68 Å². The maximum Gasteiger partial charge on any atom is 0.199 e. The van der Waals surface area contributed by atoms with Crippen LogP contribution in [0.5, 0.6) is 0 Å². The van der Waals surface area contributed by atoms with Gasteiger partial charge in [-0.1, -0.05) is 30.3 Å². The summed E-state index contributed by atoms with van der Waals surface area (Å²) in [5.41, 5.74) is 3.69. The number of benzene rings is 1. The van der Waals surface area contributed by atoms with E-state index in [0.717, 1.165) is 30.1 Å². The molecule has 29 heavy (non-hydrogen) atoms. The molecule has 1 aromatic carbocycles. The smallest absolute Gasteiger partial charge is 0.199 e. The first-order chi connectivity index (χ1) is 14.1. The zero-order chi connectivity index (χ0) is 20.0. The van der Waals surface area contributed by atoms with Crippen LogP contribution in [0.3, 0.4) is 0 Å². The molecule has 0 aliphatic carbocycles. The molecule has 5 nitrogen and oxygen atoms in total. The zero-order valence-corrected chi connectivity index (χ0v) is 18.0. The van der Waals surface area contributed by atoms with Gasteiger partial charge in [0.15, 0.2) is 10.6 Å². The second kappa shape index (κ2) is 7.40. The number of fused-ring (bicyclic) bond motifs is 1. The molecule has 3 aromatic heterocycles. The predicted octanol–water partition coefficient (Wildman–Crippen LogP) is 5.19. The molecule has 4 heterocycles. The minimum atomic E-state index is 0.217. The maximum absolute atomic E-state index is 5.72. The quantitative estimate of drug-likeness (QED) is 0.425. The van der Waals surface area contributed by atoms with Crippen LogP contribution < -0.4 is 0 Å². The van der Waals surface area contributed by atoms with Crippen LogP contribution >= 0.6 is 23.6 Å². The lowest BCUT2D eigenvalue weighted by Crippen LogP contribution is -2.37. The molecule has 0 unspecified atom stereocenters. The van der Waals surface area contributed by atoms with Crippen LogP contribution in [0.25, 0.3) is 11.4 Å². The van der Waals surface area contributed by atoms with Crippen molar-refractivity contribution in [3.05, 3.63) is 80.6 Å². The fraction of sp³-hybridized carbons (Fsp3) is 0.273. The third kappa shape index (κ3) is 3.19. The van der Waals surface area contributed by atoms with E-state index in [-0.39, 0.29) is 6.04 Å². The third-order valence-corrected chi connectivity index (χ3v) is 7.12. The molecule has 0 radical (unpaired) electrons. The Morgan fingerprint density at radius 3 is 2.79 bits per heavy atom. The Labute approximate surface area is 178 Å². The molecule has 0 spiro atoms. The van der Waals surface area contributed by atoms with E-state index in [1.54, 1.807) is 6.26 Å². The highest BCUT2D eigenvalue weighted by Gasteiger charge is 2.30. The molecule has 5 rings (SSSR count). The molecule has 4 aromatic rings. The molecule has 7 heteroatoms. The fourth-order valence-corrected chi connectivity index (χ4v) is 5.24. The van der Waals surface area contributed by atoms with Gasteiger partial charge in [0.1, 0.15) is 5.76 Å². The first-order valence-electron chi connectivity index (χ1n) is 9.67. The lowest BCUT2D eigenvalue weighted by atomic mass is 9.94. The molecule has 0 N–H and O–H groups in total. The van der Waals surface area contributed by atoms with Crippen molar-refractivity contribution < 1.29 is 4.42 Å². The van der Waals surface area contributed by atoms with Crippen LogP contribution in [0.4, 0.5) is 0 Å². The highest BCUT2D eigenvalue weighted by Crippen LogP contribution is 2.38. The summed E-state index contributed by atoms with van der Waals surface area (Å²) in [6, 6.07) is 15.1. The van der Waals surface area contributed by atoms with Gasteiger partial charge in [-0.2, -0.15) is 5.10 Å². The van der Waals surface area contributed by atoms with Crippen molar-refractivity contribution in [2.75, 3.05) is 6.54 Å². The molecule has 0 bridgehead atoms. The van der Waals surface area contributed by atoms with Gasteiger partial charge in [-0.05, 0) is 54.2 Å². The minimum absolute atomic E-state index is 0.217. The standard InChI is InChI=1S/C22H22N4OS2/c1-15-17(9-12-27-15)21-23-26(22(28)24(21)2)14-25-11-8-19-18(10-13-29-19)20(25)16-6-4-3-5-7-16/h3-7,9-10,12-13,20H,8,11,14H2,1-2H3/t20-/m0/s1. The third-order valence-electron chi connectivity index (χ3n) is 5.64. The summed E-state index contributed by atoms with van der Waals surface area (Å²) < 4.78 is 10.1. The Morgan fingerprint density at radius 1 is 1.21 bits per heavy atom. The summed E-state index contributed by atoms with van der Waals surface area (Å²) in [6.45, 7) is 3.58. The van der Waals surface area contributed by atoms with Crippen molar-refractivity contribution in [2.24, 2.45) is 7.05 Å². The van der Waals surface area contributed by atoms with Crippen LogP contribution in [0.15, 0.2) is 58.5 Å². The molecule has 1 atom stereocenters. The normalized spacial score (nSPS) is 16.8. The van der Waals surface area contributed by atoms with Gasteiger partial charge in [0.2, 0.25) is 0 Å². The number of nitrogens with zero attached hydrogens (tertiary/aromatic N) is 4. The Bertz CT molecular complexity index is 1200. The lowest BCUT2D eigenvalue weighted by molar-refractivity contribution is 0.156. The van der Waals surface area contributed by atoms with Crippen molar-refractivity contribution in [3.8, 4) is 11.4 Å². The van der Waals surface area contributed by atoms with Crippen molar-refractivity contribution >= 4 is 23.6 Å². The highest BCUT2D eigenvalue weighted by atomic mass is 32.1. The van der Waals surface area contributed by atoms with Crippen LogP contribution in [0.2, 0.25) is 0 Å². The van der Waals surface area contributed by atoms with Crippen LogP contribution in [-0.4, -0.2) is 25.8 Å². The number of aryl methyl sites for hydroxylation is 1. The molecule has 0 saturated carbocycles. The number of furan rings is 1. The van der Waals surface area contributed by atoms with Gasteiger partial charge >= 0.3 is 0 Å². The topological polar surface area (TPSA) is 39.1 Å². The van der Waals surface area contributed by atoms with Crippen molar-refractivity contribution in [1.82, 2.24) is 19.2 Å². The van der Waals surface area contributed by atoms with Gasteiger partial charge < -0.3 is 8.98 Å². The monoisotopic (exact) mass is 422 g/mol. The van der Waals surface area contributed by atoms with E-state index in [9.17, 15) is 0 Å². The maximum atomic E-state index is 5.72. The van der Waals surface area contributed by atoms with Crippen molar-refractivity contribution in [2.45, 2.75) is 26.1 Å². The van der Waals surface area contributed by atoms with E-state index in [1.165, 1.54) is 16.0 Å². The van der Waals surface area contributed by atoms with Gasteiger partial charge in [-0.15, -0.1) is 11.3 Å². The van der Waals surface area contributed by atoms with E-state index < -0.39 is 0 Å². The average Bonchev–Trinajstić information content (AvgIpc) is 3.44. The molecule has 0 fully saturated rings. The SMILES string of the molecule is Cc1occc1-c1nn(CN2CCc3sccc3[C@@H]2c2ccccc2)c(=S)n1C. The summed E-state index contributed by atoms with van der Waals surface area (Å²) in [6.07, 6.45) is 2.76. The molecular weight excluding hydrogens is 400 g/mol.